The maximum atomic E-state index is 14.1. The van der Waals surface area contributed by atoms with Gasteiger partial charge in [0.15, 0.2) is 0 Å². The summed E-state index contributed by atoms with van der Waals surface area (Å²) in [5, 5.41) is 31.6. The number of aliphatic hydroxyl groups excluding tert-OH is 1. The summed E-state index contributed by atoms with van der Waals surface area (Å²) in [6.45, 7) is 6.96. The van der Waals surface area contributed by atoms with Crippen molar-refractivity contribution in [1.29, 1.82) is 5.26 Å². The Morgan fingerprint density at radius 1 is 1.21 bits per heavy atom. The van der Waals surface area contributed by atoms with Gasteiger partial charge in [0.05, 0.1) is 29.0 Å². The van der Waals surface area contributed by atoms with E-state index in [4.69, 9.17) is 4.74 Å². The fourth-order valence-corrected chi connectivity index (χ4v) is 5.71. The maximum Gasteiger partial charge on any atom is 0.248 e. The van der Waals surface area contributed by atoms with E-state index in [1.54, 1.807) is 16.8 Å². The van der Waals surface area contributed by atoms with Crippen molar-refractivity contribution >= 4 is 11.8 Å². The predicted molar refractivity (Wildman–Crippen MR) is 138 cm³/mol. The standard InChI is InChI=1S/C28H36N6O4/c1-27(2,3)24(34-17-22(31-32-34)19-6-7-19)26(37)33-16-21(35)14-23(33)25(36)30-28(10-12-38-13-11-28)20-8-4-18(15-29)5-9-20/h4-5,8-9,17,19,21,23-24,35H,6-7,10-14,16H2,1-3H3,(H,30,36)/t21-,23+,24-/m1/s1. The van der Waals surface area contributed by atoms with E-state index in [0.717, 1.165) is 24.1 Å². The molecule has 0 bridgehead atoms. The van der Waals surface area contributed by atoms with Gasteiger partial charge in [-0.15, -0.1) is 5.10 Å². The first-order valence-electron chi connectivity index (χ1n) is 13.4. The van der Waals surface area contributed by atoms with Gasteiger partial charge in [-0.2, -0.15) is 5.26 Å². The smallest absolute Gasteiger partial charge is 0.248 e. The van der Waals surface area contributed by atoms with Crippen LogP contribution in [0.25, 0.3) is 0 Å². The van der Waals surface area contributed by atoms with Gasteiger partial charge in [0.1, 0.15) is 12.1 Å². The average Bonchev–Trinajstić information content (AvgIpc) is 3.50. The highest BCUT2D eigenvalue weighted by molar-refractivity contribution is 5.90. The number of hydrogen-bond acceptors (Lipinski definition) is 7. The van der Waals surface area contributed by atoms with Gasteiger partial charge in [-0.1, -0.05) is 38.1 Å². The summed E-state index contributed by atoms with van der Waals surface area (Å²) in [5.74, 6) is -0.142. The van der Waals surface area contributed by atoms with E-state index in [2.05, 4.69) is 21.7 Å². The van der Waals surface area contributed by atoms with E-state index in [1.165, 1.54) is 4.90 Å². The number of aromatic nitrogens is 3. The summed E-state index contributed by atoms with van der Waals surface area (Å²) in [6, 6.07) is 7.88. The molecule has 202 valence electrons. The molecule has 3 fully saturated rings. The van der Waals surface area contributed by atoms with Gasteiger partial charge in [-0.3, -0.25) is 9.59 Å². The number of likely N-dealkylation sites (tertiary alicyclic amines) is 1. The van der Waals surface area contributed by atoms with E-state index >= 15 is 0 Å². The molecule has 2 saturated heterocycles. The minimum Gasteiger partial charge on any atom is -0.391 e. The summed E-state index contributed by atoms with van der Waals surface area (Å²) in [6.07, 6.45) is 4.53. The van der Waals surface area contributed by atoms with Crippen LogP contribution in [0.3, 0.4) is 0 Å². The van der Waals surface area contributed by atoms with Crippen molar-refractivity contribution < 1.29 is 19.4 Å². The molecule has 5 rings (SSSR count). The van der Waals surface area contributed by atoms with Crippen LogP contribution >= 0.6 is 0 Å². The van der Waals surface area contributed by atoms with Crippen molar-refractivity contribution in [2.24, 2.45) is 5.41 Å². The second-order valence-electron chi connectivity index (χ2n) is 11.9. The first-order chi connectivity index (χ1) is 18.1. The molecule has 1 aromatic carbocycles. The van der Waals surface area contributed by atoms with Gasteiger partial charge in [0.2, 0.25) is 11.8 Å². The summed E-state index contributed by atoms with van der Waals surface area (Å²) >= 11 is 0. The molecule has 2 N–H and O–H groups in total. The minimum absolute atomic E-state index is 0.0840. The molecule has 2 aliphatic heterocycles. The number of β-amino-alcohol motifs (C(OH)–C–C–N with tert-alkyl or cyclic N) is 1. The topological polar surface area (TPSA) is 133 Å². The maximum absolute atomic E-state index is 14.1. The lowest BCUT2D eigenvalue weighted by molar-refractivity contribution is -0.145. The van der Waals surface area contributed by atoms with Gasteiger partial charge in [0, 0.05) is 38.3 Å². The molecule has 2 amide bonds. The number of nitrogens with one attached hydrogen (secondary N) is 1. The Kier molecular flexibility index (Phi) is 7.01. The molecule has 10 nitrogen and oxygen atoms in total. The van der Waals surface area contributed by atoms with E-state index in [-0.39, 0.29) is 24.8 Å². The molecule has 0 radical (unpaired) electrons. The number of benzene rings is 1. The molecular weight excluding hydrogens is 484 g/mol. The Labute approximate surface area is 222 Å². The molecule has 1 aromatic heterocycles. The van der Waals surface area contributed by atoms with E-state index < -0.39 is 29.1 Å². The first-order valence-corrected chi connectivity index (χ1v) is 13.4. The Balaban J connectivity index is 1.41. The van der Waals surface area contributed by atoms with Crippen LogP contribution in [0, 0.1) is 16.7 Å². The second-order valence-corrected chi connectivity index (χ2v) is 11.9. The second kappa shape index (κ2) is 10.1. The number of carbonyl (C=O) groups excluding carboxylic acids is 2. The number of hydrogen-bond donors (Lipinski definition) is 2. The summed E-state index contributed by atoms with van der Waals surface area (Å²) in [5.41, 5.74) is 1.16. The SMILES string of the molecule is CC(C)(C)[C@@H](C(=O)N1C[C@H](O)C[C@H]1C(=O)NC1(c2ccc(C#N)cc2)CCOCC1)n1cc(C2CC2)nn1. The number of carbonyl (C=O) groups is 2. The zero-order valence-electron chi connectivity index (χ0n) is 22.3. The molecule has 3 heterocycles. The van der Waals surface area contributed by atoms with Gasteiger partial charge < -0.3 is 20.1 Å². The molecule has 2 aromatic rings. The van der Waals surface area contributed by atoms with Crippen LogP contribution in [0.15, 0.2) is 30.5 Å². The lowest BCUT2D eigenvalue weighted by Crippen LogP contribution is -2.56. The van der Waals surface area contributed by atoms with E-state index in [9.17, 15) is 20.0 Å². The molecule has 0 spiro atoms. The number of ether oxygens (including phenoxy) is 1. The molecule has 3 aliphatic rings. The van der Waals surface area contributed by atoms with Gasteiger partial charge in [-0.25, -0.2) is 4.68 Å². The lowest BCUT2D eigenvalue weighted by Gasteiger charge is -2.40. The normalized spacial score (nSPS) is 24.0. The van der Waals surface area contributed by atoms with E-state index in [1.807, 2.05) is 39.1 Å². The average molecular weight is 521 g/mol. The first kappa shape index (κ1) is 26.3. The Morgan fingerprint density at radius 2 is 1.89 bits per heavy atom. The Hall–Kier alpha value is -3.29. The van der Waals surface area contributed by atoms with Crippen molar-refractivity contribution in [3.63, 3.8) is 0 Å². The van der Waals surface area contributed by atoms with Crippen molar-refractivity contribution in [2.45, 2.75) is 82.5 Å². The van der Waals surface area contributed by atoms with Crippen molar-refractivity contribution in [2.75, 3.05) is 19.8 Å². The number of nitriles is 1. The molecule has 1 aliphatic carbocycles. The summed E-state index contributed by atoms with van der Waals surface area (Å²) in [4.78, 5) is 29.4. The van der Waals surface area contributed by atoms with Crippen molar-refractivity contribution in [3.8, 4) is 6.07 Å². The zero-order valence-corrected chi connectivity index (χ0v) is 22.3. The number of aliphatic hydroxyl groups is 1. The Morgan fingerprint density at radius 3 is 2.50 bits per heavy atom. The van der Waals surface area contributed by atoms with Crippen LogP contribution in [-0.4, -0.2) is 68.7 Å². The minimum atomic E-state index is -0.813. The molecular formula is C28H36N6O4. The van der Waals surface area contributed by atoms with E-state index in [0.29, 0.717) is 37.5 Å². The molecule has 38 heavy (non-hydrogen) atoms. The lowest BCUT2D eigenvalue weighted by atomic mass is 9.82. The van der Waals surface area contributed by atoms with Crippen molar-refractivity contribution in [3.05, 3.63) is 47.3 Å². The van der Waals surface area contributed by atoms with Gasteiger partial charge >= 0.3 is 0 Å². The van der Waals surface area contributed by atoms with Gasteiger partial charge in [0.25, 0.3) is 0 Å². The molecule has 0 unspecified atom stereocenters. The monoisotopic (exact) mass is 520 g/mol. The van der Waals surface area contributed by atoms with Crippen LogP contribution in [0.5, 0.6) is 0 Å². The third-order valence-electron chi connectivity index (χ3n) is 7.98. The fraction of sp³-hybridized carbons (Fsp3) is 0.607. The Bertz CT molecular complexity index is 1220. The van der Waals surface area contributed by atoms with Crippen LogP contribution in [0.4, 0.5) is 0 Å². The summed E-state index contributed by atoms with van der Waals surface area (Å²) in [7, 11) is 0. The van der Waals surface area contributed by atoms with Gasteiger partial charge in [-0.05, 0) is 48.8 Å². The van der Waals surface area contributed by atoms with Crippen LogP contribution in [0.2, 0.25) is 0 Å². The number of nitrogens with zero attached hydrogens (tertiary/aromatic N) is 5. The summed E-state index contributed by atoms with van der Waals surface area (Å²) < 4.78 is 7.22. The highest BCUT2D eigenvalue weighted by atomic mass is 16.5. The number of amides is 2. The van der Waals surface area contributed by atoms with Crippen LogP contribution < -0.4 is 5.32 Å². The van der Waals surface area contributed by atoms with Crippen LogP contribution in [0.1, 0.15) is 81.7 Å². The van der Waals surface area contributed by atoms with Crippen molar-refractivity contribution in [1.82, 2.24) is 25.2 Å². The molecule has 10 heteroatoms. The third-order valence-corrected chi connectivity index (χ3v) is 7.98. The highest BCUT2D eigenvalue weighted by Gasteiger charge is 2.47. The third kappa shape index (κ3) is 5.18. The zero-order chi connectivity index (χ0) is 27.1. The molecule has 3 atom stereocenters. The highest BCUT2D eigenvalue weighted by Crippen LogP contribution is 2.40. The number of rotatable bonds is 6. The van der Waals surface area contributed by atoms with Crippen LogP contribution in [-0.2, 0) is 19.9 Å². The largest absolute Gasteiger partial charge is 0.391 e. The fourth-order valence-electron chi connectivity index (χ4n) is 5.71. The molecule has 1 saturated carbocycles. The quantitative estimate of drug-likeness (QED) is 0.597. The predicted octanol–water partition coefficient (Wildman–Crippen LogP) is 2.40.